The monoisotopic (exact) mass is 258 g/mol. The van der Waals surface area contributed by atoms with Crippen molar-refractivity contribution in [2.24, 2.45) is 0 Å². The second kappa shape index (κ2) is 5.07. The minimum Gasteiger partial charge on any atom is -0.494 e. The molecule has 1 aromatic carbocycles. The van der Waals surface area contributed by atoms with E-state index in [2.05, 4.69) is 4.98 Å². The lowest BCUT2D eigenvalue weighted by molar-refractivity contribution is 0.411. The number of hydrogen-bond acceptors (Lipinski definition) is 3. The highest BCUT2D eigenvalue weighted by molar-refractivity contribution is 6.33. The average molecular weight is 259 g/mol. The summed E-state index contributed by atoms with van der Waals surface area (Å²) >= 11 is 6.16. The van der Waals surface area contributed by atoms with E-state index in [-0.39, 0.29) is 5.69 Å². The molecular formula is C14H11ClN2O. The van der Waals surface area contributed by atoms with Crippen molar-refractivity contribution < 1.29 is 4.74 Å². The van der Waals surface area contributed by atoms with E-state index in [1.807, 2.05) is 37.3 Å². The summed E-state index contributed by atoms with van der Waals surface area (Å²) in [5, 5.41) is 9.49. The van der Waals surface area contributed by atoms with E-state index in [1.165, 1.54) is 7.11 Å². The van der Waals surface area contributed by atoms with Gasteiger partial charge in [0.2, 0.25) is 0 Å². The van der Waals surface area contributed by atoms with Gasteiger partial charge in [-0.15, -0.1) is 0 Å². The summed E-state index contributed by atoms with van der Waals surface area (Å²) in [5.74, 6) is 0.387. The summed E-state index contributed by atoms with van der Waals surface area (Å²) in [4.78, 5) is 4.24. The predicted molar refractivity (Wildman–Crippen MR) is 70.7 cm³/mol. The van der Waals surface area contributed by atoms with Crippen LogP contribution in [0.5, 0.6) is 5.75 Å². The number of rotatable bonds is 2. The lowest BCUT2D eigenvalue weighted by atomic mass is 10.1. The molecule has 0 bridgehead atoms. The number of nitrogens with zero attached hydrogens (tertiary/aromatic N) is 2. The second-order valence-electron chi connectivity index (χ2n) is 3.85. The number of ether oxygens (including phenoxy) is 1. The van der Waals surface area contributed by atoms with Crippen LogP contribution in [0.4, 0.5) is 0 Å². The van der Waals surface area contributed by atoms with Crippen LogP contribution in [0.15, 0.2) is 30.3 Å². The van der Waals surface area contributed by atoms with Gasteiger partial charge in [-0.3, -0.25) is 0 Å². The highest BCUT2D eigenvalue weighted by Gasteiger charge is 2.12. The molecule has 0 spiro atoms. The normalized spacial score (nSPS) is 9.89. The Labute approximate surface area is 111 Å². The molecule has 1 aromatic heterocycles. The van der Waals surface area contributed by atoms with Crippen LogP contribution in [-0.4, -0.2) is 12.1 Å². The van der Waals surface area contributed by atoms with Crippen LogP contribution in [0.25, 0.3) is 11.3 Å². The maximum atomic E-state index is 9.02. The lowest BCUT2D eigenvalue weighted by Gasteiger charge is -2.08. The molecule has 90 valence electrons. The maximum Gasteiger partial charge on any atom is 0.183 e. The Morgan fingerprint density at radius 2 is 1.94 bits per heavy atom. The maximum absolute atomic E-state index is 9.02. The third-order valence-corrected chi connectivity index (χ3v) is 2.88. The average Bonchev–Trinajstić information content (AvgIpc) is 2.39. The first-order chi connectivity index (χ1) is 8.65. The van der Waals surface area contributed by atoms with Crippen molar-refractivity contribution in [3.63, 3.8) is 0 Å². The third kappa shape index (κ3) is 2.29. The first kappa shape index (κ1) is 12.4. The number of benzene rings is 1. The molecule has 0 N–H and O–H groups in total. The molecule has 0 aliphatic rings. The van der Waals surface area contributed by atoms with Gasteiger partial charge in [-0.1, -0.05) is 41.4 Å². The highest BCUT2D eigenvalue weighted by atomic mass is 35.5. The molecule has 0 saturated carbocycles. The molecule has 0 unspecified atom stereocenters. The molecule has 0 saturated heterocycles. The molecule has 0 aliphatic heterocycles. The van der Waals surface area contributed by atoms with Gasteiger partial charge in [0.1, 0.15) is 6.07 Å². The van der Waals surface area contributed by atoms with Crippen LogP contribution in [0.3, 0.4) is 0 Å². The van der Waals surface area contributed by atoms with Crippen LogP contribution in [0.1, 0.15) is 11.3 Å². The molecule has 1 heterocycles. The summed E-state index contributed by atoms with van der Waals surface area (Å²) < 4.78 is 5.06. The van der Waals surface area contributed by atoms with Crippen LogP contribution in [-0.2, 0) is 0 Å². The van der Waals surface area contributed by atoms with Crippen LogP contribution in [0, 0.1) is 18.3 Å². The zero-order valence-electron chi connectivity index (χ0n) is 10.1. The van der Waals surface area contributed by atoms with Crippen LogP contribution >= 0.6 is 11.6 Å². The first-order valence-corrected chi connectivity index (χ1v) is 5.75. The highest BCUT2D eigenvalue weighted by Crippen LogP contribution is 2.31. The quantitative estimate of drug-likeness (QED) is 0.827. The third-order valence-electron chi connectivity index (χ3n) is 2.59. The van der Waals surface area contributed by atoms with E-state index in [0.717, 1.165) is 11.1 Å². The van der Waals surface area contributed by atoms with Crippen molar-refractivity contribution in [3.05, 3.63) is 46.6 Å². The lowest BCUT2D eigenvalue weighted by Crippen LogP contribution is -1.95. The number of halogens is 1. The smallest absolute Gasteiger partial charge is 0.183 e. The van der Waals surface area contributed by atoms with E-state index in [9.17, 15) is 0 Å². The van der Waals surface area contributed by atoms with Crippen molar-refractivity contribution in [2.45, 2.75) is 6.92 Å². The van der Waals surface area contributed by atoms with Crippen LogP contribution in [0.2, 0.25) is 5.02 Å². The summed E-state index contributed by atoms with van der Waals surface area (Å²) in [5.41, 5.74) is 2.86. The van der Waals surface area contributed by atoms with Crippen molar-refractivity contribution >= 4 is 11.6 Å². The first-order valence-electron chi connectivity index (χ1n) is 5.37. The van der Waals surface area contributed by atoms with E-state index in [0.29, 0.717) is 16.5 Å². The molecule has 0 radical (unpaired) electrons. The Morgan fingerprint density at radius 3 is 2.50 bits per heavy atom. The van der Waals surface area contributed by atoms with Gasteiger partial charge in [0.05, 0.1) is 17.8 Å². The minimum absolute atomic E-state index is 0.234. The zero-order chi connectivity index (χ0) is 13.1. The molecule has 2 rings (SSSR count). The summed E-state index contributed by atoms with van der Waals surface area (Å²) in [6.45, 7) is 2.01. The molecule has 4 heteroatoms. The fraction of sp³-hybridized carbons (Fsp3) is 0.143. The molecule has 0 atom stereocenters. The van der Waals surface area contributed by atoms with E-state index < -0.39 is 0 Å². The Bertz CT molecular complexity index is 615. The number of hydrogen-bond donors (Lipinski definition) is 0. The van der Waals surface area contributed by atoms with E-state index in [4.69, 9.17) is 21.6 Å². The molecule has 0 fully saturated rings. The Hall–Kier alpha value is -2.05. The summed E-state index contributed by atoms with van der Waals surface area (Å²) in [6, 6.07) is 11.4. The molecule has 2 aromatic rings. The van der Waals surface area contributed by atoms with E-state index in [1.54, 1.807) is 6.07 Å². The fourth-order valence-corrected chi connectivity index (χ4v) is 1.87. The zero-order valence-corrected chi connectivity index (χ0v) is 10.8. The predicted octanol–water partition coefficient (Wildman–Crippen LogP) is 3.59. The van der Waals surface area contributed by atoms with Gasteiger partial charge in [0.25, 0.3) is 0 Å². The van der Waals surface area contributed by atoms with Gasteiger partial charge in [0.15, 0.2) is 11.4 Å². The summed E-state index contributed by atoms with van der Waals surface area (Å²) in [7, 11) is 1.49. The molecule has 0 aliphatic carbocycles. The Balaban J connectivity index is 2.58. The van der Waals surface area contributed by atoms with Crippen molar-refractivity contribution in [2.75, 3.05) is 7.11 Å². The summed E-state index contributed by atoms with van der Waals surface area (Å²) in [6.07, 6.45) is 0. The van der Waals surface area contributed by atoms with Crippen molar-refractivity contribution in [1.82, 2.24) is 4.98 Å². The Morgan fingerprint density at radius 1 is 1.28 bits per heavy atom. The Kier molecular flexibility index (Phi) is 3.50. The van der Waals surface area contributed by atoms with Gasteiger partial charge in [-0.2, -0.15) is 5.26 Å². The standard InChI is InChI=1S/C14H11ClN2O/c1-9-3-5-10(6-4-9)14-11(15)7-13(18-2)12(8-16)17-14/h3-7H,1-2H3. The van der Waals surface area contributed by atoms with E-state index >= 15 is 0 Å². The molecule has 3 nitrogen and oxygen atoms in total. The van der Waals surface area contributed by atoms with Gasteiger partial charge in [0, 0.05) is 11.6 Å². The van der Waals surface area contributed by atoms with Gasteiger partial charge < -0.3 is 4.74 Å². The van der Waals surface area contributed by atoms with Gasteiger partial charge in [-0.25, -0.2) is 4.98 Å². The number of nitriles is 1. The number of aromatic nitrogens is 1. The fourth-order valence-electron chi connectivity index (χ4n) is 1.62. The topological polar surface area (TPSA) is 45.9 Å². The van der Waals surface area contributed by atoms with Gasteiger partial charge in [-0.05, 0) is 6.92 Å². The second-order valence-corrected chi connectivity index (χ2v) is 4.25. The number of pyridine rings is 1. The minimum atomic E-state index is 0.234. The van der Waals surface area contributed by atoms with Crippen molar-refractivity contribution in [1.29, 1.82) is 5.26 Å². The van der Waals surface area contributed by atoms with Gasteiger partial charge >= 0.3 is 0 Å². The molecular weight excluding hydrogens is 248 g/mol. The van der Waals surface area contributed by atoms with Crippen molar-refractivity contribution in [3.8, 4) is 23.1 Å². The molecule has 18 heavy (non-hydrogen) atoms. The molecule has 0 amide bonds. The van der Waals surface area contributed by atoms with Crippen LogP contribution < -0.4 is 4.74 Å². The SMILES string of the molecule is COc1cc(Cl)c(-c2ccc(C)cc2)nc1C#N. The number of aryl methyl sites for hydroxylation is 1. The largest absolute Gasteiger partial charge is 0.494 e. The number of methoxy groups -OCH3 is 1.